The molecule has 0 aliphatic heterocycles. The molecular formula is C67H129NO5. The van der Waals surface area contributed by atoms with Crippen molar-refractivity contribution in [3.8, 4) is 0 Å². The van der Waals surface area contributed by atoms with Crippen LogP contribution in [0.4, 0.5) is 0 Å². The van der Waals surface area contributed by atoms with Crippen LogP contribution >= 0.6 is 0 Å². The number of unbranched alkanes of at least 4 members (excludes halogenated alkanes) is 47. The highest BCUT2D eigenvalue weighted by Crippen LogP contribution is 2.19. The van der Waals surface area contributed by atoms with Crippen LogP contribution in [0.2, 0.25) is 0 Å². The molecule has 0 spiro atoms. The van der Waals surface area contributed by atoms with Crippen LogP contribution in [-0.4, -0.2) is 47.4 Å². The maximum Gasteiger partial charge on any atom is 0.305 e. The lowest BCUT2D eigenvalue weighted by Crippen LogP contribution is -2.45. The molecule has 0 heterocycles. The molecule has 0 fully saturated rings. The smallest absolute Gasteiger partial charge is 0.305 e. The maximum absolute atomic E-state index is 12.5. The third-order valence-corrected chi connectivity index (χ3v) is 15.5. The van der Waals surface area contributed by atoms with Crippen molar-refractivity contribution >= 4 is 11.9 Å². The zero-order chi connectivity index (χ0) is 52.9. The first kappa shape index (κ1) is 71.3. The van der Waals surface area contributed by atoms with E-state index in [1.807, 2.05) is 0 Å². The zero-order valence-corrected chi connectivity index (χ0v) is 49.4. The molecule has 6 heteroatoms. The molecule has 3 N–H and O–H groups in total. The van der Waals surface area contributed by atoms with E-state index in [9.17, 15) is 19.8 Å². The third-order valence-electron chi connectivity index (χ3n) is 15.5. The predicted molar refractivity (Wildman–Crippen MR) is 320 cm³/mol. The molecule has 6 nitrogen and oxygen atoms in total. The van der Waals surface area contributed by atoms with Crippen molar-refractivity contribution in [3.05, 3.63) is 24.3 Å². The van der Waals surface area contributed by atoms with Gasteiger partial charge in [0.15, 0.2) is 0 Å². The quantitative estimate of drug-likeness (QED) is 0.0320. The van der Waals surface area contributed by atoms with Gasteiger partial charge >= 0.3 is 5.97 Å². The first-order chi connectivity index (χ1) is 36.0. The van der Waals surface area contributed by atoms with Gasteiger partial charge in [-0.15, -0.1) is 0 Å². The van der Waals surface area contributed by atoms with E-state index >= 15 is 0 Å². The van der Waals surface area contributed by atoms with E-state index in [-0.39, 0.29) is 18.5 Å². The van der Waals surface area contributed by atoms with Gasteiger partial charge in [-0.25, -0.2) is 0 Å². The number of esters is 1. The number of allylic oxidation sites excluding steroid dienone is 4. The molecule has 0 aliphatic carbocycles. The van der Waals surface area contributed by atoms with Crippen molar-refractivity contribution < 1.29 is 24.5 Å². The number of rotatable bonds is 62. The summed E-state index contributed by atoms with van der Waals surface area (Å²) in [5.41, 5.74) is 0. The van der Waals surface area contributed by atoms with E-state index in [1.165, 1.54) is 283 Å². The summed E-state index contributed by atoms with van der Waals surface area (Å²) in [5, 5.41) is 23.3. The molecule has 0 unspecified atom stereocenters. The first-order valence-corrected chi connectivity index (χ1v) is 33.1. The molecule has 0 aromatic rings. The minimum atomic E-state index is -0.663. The monoisotopic (exact) mass is 1030 g/mol. The molecule has 1 amide bonds. The van der Waals surface area contributed by atoms with Crippen LogP contribution in [-0.2, 0) is 14.3 Å². The van der Waals surface area contributed by atoms with Crippen LogP contribution in [0.3, 0.4) is 0 Å². The van der Waals surface area contributed by atoms with Crippen molar-refractivity contribution in [1.82, 2.24) is 5.32 Å². The summed E-state index contributed by atoms with van der Waals surface area (Å²) in [4.78, 5) is 24.6. The maximum atomic E-state index is 12.5. The van der Waals surface area contributed by atoms with Gasteiger partial charge in [0.05, 0.1) is 25.4 Å². The molecule has 0 radical (unpaired) electrons. The van der Waals surface area contributed by atoms with E-state index in [4.69, 9.17) is 4.74 Å². The Hall–Kier alpha value is -1.66. The molecule has 0 aromatic carbocycles. The highest BCUT2D eigenvalue weighted by Gasteiger charge is 2.20. The van der Waals surface area contributed by atoms with E-state index in [2.05, 4.69) is 43.5 Å². The first-order valence-electron chi connectivity index (χ1n) is 33.1. The number of hydrogen-bond acceptors (Lipinski definition) is 5. The van der Waals surface area contributed by atoms with Crippen LogP contribution < -0.4 is 5.32 Å². The fraction of sp³-hybridized carbons (Fsp3) is 0.910. The van der Waals surface area contributed by atoms with Gasteiger partial charge in [-0.05, 0) is 57.8 Å². The van der Waals surface area contributed by atoms with Crippen molar-refractivity contribution in [2.24, 2.45) is 0 Å². The van der Waals surface area contributed by atoms with Crippen molar-refractivity contribution in [2.75, 3.05) is 13.2 Å². The van der Waals surface area contributed by atoms with Crippen LogP contribution in [0.5, 0.6) is 0 Å². The van der Waals surface area contributed by atoms with Gasteiger partial charge in [-0.1, -0.05) is 321 Å². The molecule has 0 saturated heterocycles. The Kier molecular flexibility index (Phi) is 61.4. The summed E-state index contributed by atoms with van der Waals surface area (Å²) in [5.74, 6) is -0.0276. The number of aliphatic hydroxyl groups excluding tert-OH is 2. The largest absolute Gasteiger partial charge is 0.466 e. The number of carbonyl (C=O) groups is 2. The molecule has 73 heavy (non-hydrogen) atoms. The highest BCUT2D eigenvalue weighted by atomic mass is 16.5. The summed E-state index contributed by atoms with van der Waals surface area (Å²) in [6.45, 7) is 4.95. The Morgan fingerprint density at radius 1 is 0.384 bits per heavy atom. The van der Waals surface area contributed by atoms with E-state index in [1.54, 1.807) is 0 Å². The summed E-state index contributed by atoms with van der Waals surface area (Å²) < 4.78 is 5.48. The minimum Gasteiger partial charge on any atom is -0.466 e. The van der Waals surface area contributed by atoms with E-state index in [0.717, 1.165) is 51.4 Å². The number of amides is 1. The lowest BCUT2D eigenvalue weighted by Gasteiger charge is -2.22. The van der Waals surface area contributed by atoms with Crippen LogP contribution in [0.25, 0.3) is 0 Å². The van der Waals surface area contributed by atoms with Gasteiger partial charge in [0.1, 0.15) is 0 Å². The fourth-order valence-electron chi connectivity index (χ4n) is 10.4. The van der Waals surface area contributed by atoms with Gasteiger partial charge in [-0.2, -0.15) is 0 Å². The fourth-order valence-corrected chi connectivity index (χ4v) is 10.4. The van der Waals surface area contributed by atoms with Gasteiger partial charge in [0.2, 0.25) is 5.91 Å². The lowest BCUT2D eigenvalue weighted by molar-refractivity contribution is -0.143. The van der Waals surface area contributed by atoms with Crippen molar-refractivity contribution in [3.63, 3.8) is 0 Å². The standard InChI is InChI=1S/C67H129NO5/c1-3-5-7-9-11-13-15-17-19-32-35-39-43-47-51-55-59-65(70)64(63-69)68-66(71)60-56-52-48-44-40-36-33-29-27-25-23-21-20-22-24-26-28-30-34-38-42-46-50-54-58-62-73-67(72)61-57-53-49-45-41-37-31-18-16-14-12-10-8-6-4-2/h12,14,18,31,64-65,69-70H,3-11,13,15-17,19-30,32-63H2,1-2H3,(H,68,71)/b14-12-,31-18-/t64-,65+/m0/s1. The number of carbonyl (C=O) groups excluding carboxylic acids is 2. The second-order valence-electron chi connectivity index (χ2n) is 22.8. The average molecular weight is 1030 g/mol. The second-order valence-corrected chi connectivity index (χ2v) is 22.8. The third kappa shape index (κ3) is 59.4. The molecule has 2 atom stereocenters. The molecule has 0 saturated carbocycles. The number of nitrogens with one attached hydrogen (secondary N) is 1. The summed E-state index contributed by atoms with van der Waals surface area (Å²) in [6, 6.07) is -0.540. The topological polar surface area (TPSA) is 95.9 Å². The van der Waals surface area contributed by atoms with Gasteiger partial charge < -0.3 is 20.3 Å². The average Bonchev–Trinajstić information content (AvgIpc) is 3.39. The Morgan fingerprint density at radius 2 is 0.685 bits per heavy atom. The summed E-state index contributed by atoms with van der Waals surface area (Å²) >= 11 is 0. The summed E-state index contributed by atoms with van der Waals surface area (Å²) in [7, 11) is 0. The Morgan fingerprint density at radius 3 is 1.07 bits per heavy atom. The van der Waals surface area contributed by atoms with Crippen LogP contribution in [0.1, 0.15) is 367 Å². The highest BCUT2D eigenvalue weighted by molar-refractivity contribution is 5.76. The van der Waals surface area contributed by atoms with Crippen LogP contribution in [0, 0.1) is 0 Å². The molecular weight excluding hydrogens is 899 g/mol. The molecule has 0 aromatic heterocycles. The number of ether oxygens (including phenoxy) is 1. The second kappa shape index (κ2) is 62.9. The predicted octanol–water partition coefficient (Wildman–Crippen LogP) is 21.0. The van der Waals surface area contributed by atoms with E-state index in [0.29, 0.717) is 25.9 Å². The minimum absolute atomic E-state index is 0.00293. The SMILES string of the molecule is CCCCC/C=C\C/C=C\CCCCCCCC(=O)OCCCCCCCCCCCCCCCCCCCCCCCCCCCC(=O)N[C@@H](CO)[C@H](O)CCCCCCCCCCCCCCCCCC. The Bertz CT molecular complexity index is 1140. The zero-order valence-electron chi connectivity index (χ0n) is 49.4. The Balaban J connectivity index is 3.36. The van der Waals surface area contributed by atoms with Crippen LogP contribution in [0.15, 0.2) is 24.3 Å². The van der Waals surface area contributed by atoms with Gasteiger partial charge in [-0.3, -0.25) is 9.59 Å². The van der Waals surface area contributed by atoms with Crippen molar-refractivity contribution in [2.45, 2.75) is 379 Å². The lowest BCUT2D eigenvalue weighted by atomic mass is 10.0. The number of hydrogen-bond donors (Lipinski definition) is 3. The molecule has 0 aliphatic rings. The van der Waals surface area contributed by atoms with Gasteiger partial charge in [0.25, 0.3) is 0 Å². The van der Waals surface area contributed by atoms with Gasteiger partial charge in [0, 0.05) is 12.8 Å². The molecule has 432 valence electrons. The normalized spacial score (nSPS) is 12.7. The summed E-state index contributed by atoms with van der Waals surface area (Å²) in [6.07, 6.45) is 77.7. The molecule has 0 bridgehead atoms. The molecule has 0 rings (SSSR count). The van der Waals surface area contributed by atoms with Crippen molar-refractivity contribution in [1.29, 1.82) is 0 Å². The van der Waals surface area contributed by atoms with E-state index < -0.39 is 12.1 Å². The Labute approximate surface area is 456 Å². The number of aliphatic hydroxyl groups is 2.